The summed E-state index contributed by atoms with van der Waals surface area (Å²) in [5.41, 5.74) is 4.88. The second-order valence-corrected chi connectivity index (χ2v) is 3.94. The number of anilines is 4. The summed E-state index contributed by atoms with van der Waals surface area (Å²) in [4.78, 5) is 8.01. The predicted octanol–water partition coefficient (Wildman–Crippen LogP) is 1.58. The molecule has 1 aromatic carbocycles. The number of hydrazine groups is 2. The molecule has 0 amide bonds. The molecule has 0 atom stereocenters. The van der Waals surface area contributed by atoms with Crippen molar-refractivity contribution in [3.8, 4) is 0 Å². The number of nitrogens with two attached hydrogens (primary N) is 2. The highest BCUT2D eigenvalue weighted by atomic mass is 35.5. The van der Waals surface area contributed by atoms with Crippen molar-refractivity contribution in [2.24, 2.45) is 11.7 Å². The highest BCUT2D eigenvalue weighted by Crippen LogP contribution is 2.22. The topological polar surface area (TPSA) is 114 Å². The van der Waals surface area contributed by atoms with Gasteiger partial charge in [0.15, 0.2) is 0 Å². The number of hydrogen-bond donors (Lipinski definition) is 5. The van der Waals surface area contributed by atoms with Gasteiger partial charge in [-0.25, -0.2) is 16.1 Å². The number of nitrogens with one attached hydrogen (secondary N) is 3. The molecule has 0 bridgehead atoms. The van der Waals surface area contributed by atoms with Gasteiger partial charge in [-0.3, -0.25) is 0 Å². The molecule has 7 N–H and O–H groups in total. The van der Waals surface area contributed by atoms with Crippen LogP contribution in [0.2, 0.25) is 5.02 Å². The van der Waals surface area contributed by atoms with Crippen molar-refractivity contribution in [1.82, 2.24) is 9.97 Å². The lowest BCUT2D eigenvalue weighted by Gasteiger charge is -2.09. The van der Waals surface area contributed by atoms with Crippen LogP contribution < -0.4 is 27.9 Å². The molecular weight excluding hydrogens is 273 g/mol. The Morgan fingerprint density at radius 2 is 1.68 bits per heavy atom. The molecule has 0 aliphatic heterocycles. The van der Waals surface area contributed by atoms with Gasteiger partial charge in [-0.1, -0.05) is 11.6 Å². The Morgan fingerprint density at radius 1 is 1.05 bits per heavy atom. The Labute approximate surface area is 113 Å². The maximum atomic E-state index is 13.6. The average molecular weight is 284 g/mol. The molecule has 0 radical (unpaired) electrons. The van der Waals surface area contributed by atoms with Gasteiger partial charge in [-0.05, 0) is 18.2 Å². The summed E-state index contributed by atoms with van der Waals surface area (Å²) in [5, 5.41) is 3.00. The molecule has 0 unspecified atom stereocenters. The van der Waals surface area contributed by atoms with Gasteiger partial charge < -0.3 is 16.2 Å². The molecule has 1 heterocycles. The van der Waals surface area contributed by atoms with Crippen molar-refractivity contribution in [2.75, 3.05) is 16.2 Å². The number of nitrogen functional groups attached to an aromatic ring is 2. The normalized spacial score (nSPS) is 10.1. The first-order valence-corrected chi connectivity index (χ1v) is 5.54. The van der Waals surface area contributed by atoms with Crippen LogP contribution in [-0.4, -0.2) is 9.97 Å². The minimum absolute atomic E-state index is 0.129. The maximum Gasteiger partial charge on any atom is 0.231 e. The number of aromatic nitrogens is 2. The van der Waals surface area contributed by atoms with Gasteiger partial charge in [-0.2, -0.15) is 9.97 Å². The number of halogens is 2. The van der Waals surface area contributed by atoms with Gasteiger partial charge in [0, 0.05) is 11.1 Å². The third kappa shape index (κ3) is 3.19. The van der Waals surface area contributed by atoms with E-state index in [1.54, 1.807) is 6.07 Å². The molecule has 0 aliphatic rings. The zero-order chi connectivity index (χ0) is 13.8. The van der Waals surface area contributed by atoms with E-state index in [1.165, 1.54) is 18.2 Å². The molecule has 0 saturated carbocycles. The largest absolute Gasteiger partial charge is 0.322 e. The summed E-state index contributed by atoms with van der Waals surface area (Å²) in [6, 6.07) is 5.68. The Balaban J connectivity index is 2.31. The molecule has 9 heteroatoms. The molecule has 0 aliphatic carbocycles. The molecule has 7 nitrogen and oxygen atoms in total. The summed E-state index contributed by atoms with van der Waals surface area (Å²) in [6.07, 6.45) is 0. The van der Waals surface area contributed by atoms with E-state index in [-0.39, 0.29) is 11.6 Å². The van der Waals surface area contributed by atoms with Crippen LogP contribution in [-0.2, 0) is 0 Å². The Kier molecular flexibility index (Phi) is 3.95. The molecule has 19 heavy (non-hydrogen) atoms. The van der Waals surface area contributed by atoms with E-state index in [0.29, 0.717) is 16.7 Å². The third-order valence-corrected chi connectivity index (χ3v) is 2.43. The standard InChI is InChI=1S/C10H11ClFN7/c11-5-1-2-7(6(12)3-5)15-10-16-8(18-13)4-9(17-10)19-14/h1-4H,13-14H2,(H3,15,16,17,18,19). The fourth-order valence-electron chi connectivity index (χ4n) is 1.36. The Morgan fingerprint density at radius 3 is 2.21 bits per heavy atom. The second kappa shape index (κ2) is 5.65. The fraction of sp³-hybridized carbons (Fsp3) is 0. The van der Waals surface area contributed by atoms with Crippen molar-refractivity contribution >= 4 is 34.9 Å². The van der Waals surface area contributed by atoms with Crippen LogP contribution in [0.15, 0.2) is 24.3 Å². The van der Waals surface area contributed by atoms with Gasteiger partial charge in [0.05, 0.1) is 5.69 Å². The van der Waals surface area contributed by atoms with Crippen LogP contribution in [0, 0.1) is 5.82 Å². The minimum Gasteiger partial charge on any atom is -0.322 e. The van der Waals surface area contributed by atoms with E-state index in [1.807, 2.05) is 0 Å². The molecule has 2 aromatic rings. The van der Waals surface area contributed by atoms with Crippen molar-refractivity contribution < 1.29 is 4.39 Å². The Bertz CT molecular complexity index is 570. The lowest BCUT2D eigenvalue weighted by atomic mass is 10.3. The van der Waals surface area contributed by atoms with Crippen LogP contribution in [0.25, 0.3) is 0 Å². The van der Waals surface area contributed by atoms with Crippen LogP contribution >= 0.6 is 11.6 Å². The summed E-state index contributed by atoms with van der Waals surface area (Å²) in [6.45, 7) is 0. The maximum absolute atomic E-state index is 13.6. The number of hydrogen-bond acceptors (Lipinski definition) is 7. The van der Waals surface area contributed by atoms with Gasteiger partial charge in [0.25, 0.3) is 0 Å². The minimum atomic E-state index is -0.524. The van der Waals surface area contributed by atoms with E-state index in [9.17, 15) is 4.39 Å². The van der Waals surface area contributed by atoms with E-state index in [0.717, 1.165) is 0 Å². The van der Waals surface area contributed by atoms with E-state index < -0.39 is 5.82 Å². The molecule has 2 rings (SSSR count). The smallest absolute Gasteiger partial charge is 0.231 e. The average Bonchev–Trinajstić information content (AvgIpc) is 2.41. The van der Waals surface area contributed by atoms with Crippen molar-refractivity contribution in [1.29, 1.82) is 0 Å². The molecular formula is C10H11ClFN7. The summed E-state index contributed by atoms with van der Waals surface area (Å²) < 4.78 is 13.6. The lowest BCUT2D eigenvalue weighted by molar-refractivity contribution is 0.631. The van der Waals surface area contributed by atoms with Gasteiger partial charge in [0.1, 0.15) is 17.5 Å². The number of benzene rings is 1. The van der Waals surface area contributed by atoms with Crippen molar-refractivity contribution in [3.05, 3.63) is 35.1 Å². The van der Waals surface area contributed by atoms with Gasteiger partial charge in [-0.15, -0.1) is 0 Å². The number of rotatable bonds is 4. The summed E-state index contributed by atoms with van der Waals surface area (Å²) in [7, 11) is 0. The quantitative estimate of drug-likeness (QED) is 0.427. The molecule has 1 aromatic heterocycles. The van der Waals surface area contributed by atoms with Gasteiger partial charge in [0.2, 0.25) is 5.95 Å². The molecule has 0 fully saturated rings. The summed E-state index contributed by atoms with van der Waals surface area (Å²) in [5.74, 6) is 10.8. The Hall–Kier alpha value is -2.16. The fourth-order valence-corrected chi connectivity index (χ4v) is 1.52. The van der Waals surface area contributed by atoms with Crippen LogP contribution in [0.1, 0.15) is 0 Å². The highest BCUT2D eigenvalue weighted by molar-refractivity contribution is 6.30. The highest BCUT2D eigenvalue weighted by Gasteiger charge is 2.07. The van der Waals surface area contributed by atoms with Crippen LogP contribution in [0.5, 0.6) is 0 Å². The molecule has 0 spiro atoms. The van der Waals surface area contributed by atoms with E-state index in [2.05, 4.69) is 26.1 Å². The lowest BCUT2D eigenvalue weighted by Crippen LogP contribution is -2.14. The zero-order valence-electron chi connectivity index (χ0n) is 9.61. The van der Waals surface area contributed by atoms with E-state index >= 15 is 0 Å². The van der Waals surface area contributed by atoms with E-state index in [4.69, 9.17) is 23.3 Å². The van der Waals surface area contributed by atoms with Crippen molar-refractivity contribution in [3.63, 3.8) is 0 Å². The first kappa shape index (κ1) is 13.3. The third-order valence-electron chi connectivity index (χ3n) is 2.20. The monoisotopic (exact) mass is 283 g/mol. The molecule has 100 valence electrons. The second-order valence-electron chi connectivity index (χ2n) is 3.50. The first-order chi connectivity index (χ1) is 9.12. The van der Waals surface area contributed by atoms with Crippen molar-refractivity contribution in [2.45, 2.75) is 0 Å². The first-order valence-electron chi connectivity index (χ1n) is 5.17. The van der Waals surface area contributed by atoms with Crippen LogP contribution in [0.3, 0.4) is 0 Å². The van der Waals surface area contributed by atoms with Gasteiger partial charge >= 0.3 is 0 Å². The SMILES string of the molecule is NNc1cc(NN)nc(Nc2ccc(Cl)cc2F)n1. The molecule has 0 saturated heterocycles. The summed E-state index contributed by atoms with van der Waals surface area (Å²) >= 11 is 5.66. The zero-order valence-corrected chi connectivity index (χ0v) is 10.4. The van der Waals surface area contributed by atoms with Crippen LogP contribution in [0.4, 0.5) is 27.7 Å². The predicted molar refractivity (Wildman–Crippen MR) is 72.3 cm³/mol. The number of nitrogens with zero attached hydrogens (tertiary/aromatic N) is 2.